The number of non-ortho nitro benzene ring substituents is 1. The van der Waals surface area contributed by atoms with Gasteiger partial charge in [-0.3, -0.25) is 15.1 Å². The number of hydrogen-bond donors (Lipinski definition) is 0. The Morgan fingerprint density at radius 3 is 2.50 bits per heavy atom. The molecule has 1 aromatic rings. The summed E-state index contributed by atoms with van der Waals surface area (Å²) in [7, 11) is 0. The van der Waals surface area contributed by atoms with Crippen LogP contribution in [0.2, 0.25) is 0 Å². The summed E-state index contributed by atoms with van der Waals surface area (Å²) in [6.45, 7) is 2.46. The van der Waals surface area contributed by atoms with Crippen LogP contribution in [0.4, 0.5) is 5.69 Å². The van der Waals surface area contributed by atoms with Crippen LogP contribution < -0.4 is 0 Å². The van der Waals surface area contributed by atoms with Crippen LogP contribution in [0.25, 0.3) is 0 Å². The minimum absolute atomic E-state index is 0.0507. The average molecular weight is 213 g/mol. The van der Waals surface area contributed by atoms with Crippen molar-refractivity contribution in [1.29, 1.82) is 0 Å². The van der Waals surface area contributed by atoms with E-state index in [2.05, 4.69) is 4.99 Å². The van der Waals surface area contributed by atoms with Gasteiger partial charge in [0.05, 0.1) is 4.92 Å². The summed E-state index contributed by atoms with van der Waals surface area (Å²) in [6.07, 6.45) is 0. The van der Waals surface area contributed by atoms with Crippen molar-refractivity contribution in [2.45, 2.75) is 6.92 Å². The molecule has 0 atom stereocenters. The molecule has 0 aliphatic carbocycles. The summed E-state index contributed by atoms with van der Waals surface area (Å²) in [5.41, 5.74) is 0.744. The average Bonchev–Trinajstić information content (AvgIpc) is 2.18. The summed E-state index contributed by atoms with van der Waals surface area (Å²) in [6, 6.07) is 5.98. The maximum atomic E-state index is 10.4. The quantitative estimate of drug-likeness (QED) is 0.439. The van der Waals surface area contributed by atoms with Gasteiger partial charge in [0.15, 0.2) is 0 Å². The van der Waals surface area contributed by atoms with Crippen molar-refractivity contribution >= 4 is 22.5 Å². The molecule has 5 heteroatoms. The van der Waals surface area contributed by atoms with Crippen molar-refractivity contribution in [3.63, 3.8) is 0 Å². The van der Waals surface area contributed by atoms with Crippen LogP contribution in [0, 0.1) is 10.1 Å². The molecule has 0 spiro atoms. The van der Waals surface area contributed by atoms with Crippen molar-refractivity contribution in [2.75, 3.05) is 6.54 Å². The Balaban J connectivity index is 2.94. The smallest absolute Gasteiger partial charge is 0.269 e. The molecule has 0 radical (unpaired) electrons. The van der Waals surface area contributed by atoms with Crippen molar-refractivity contribution < 1.29 is 4.92 Å². The fraction of sp³-hybridized carbons (Fsp3) is 0.222. The van der Waals surface area contributed by atoms with E-state index in [4.69, 9.17) is 11.6 Å². The van der Waals surface area contributed by atoms with E-state index in [-0.39, 0.29) is 5.69 Å². The maximum absolute atomic E-state index is 10.4. The van der Waals surface area contributed by atoms with Gasteiger partial charge in [0.1, 0.15) is 5.17 Å². The van der Waals surface area contributed by atoms with Crippen LogP contribution in [0.15, 0.2) is 29.3 Å². The second-order valence-electron chi connectivity index (χ2n) is 2.57. The first-order valence-corrected chi connectivity index (χ1v) is 4.47. The number of hydrogen-bond acceptors (Lipinski definition) is 3. The minimum Gasteiger partial charge on any atom is -0.273 e. The van der Waals surface area contributed by atoms with Crippen LogP contribution in [-0.2, 0) is 0 Å². The van der Waals surface area contributed by atoms with Gasteiger partial charge < -0.3 is 0 Å². The number of halogens is 1. The lowest BCUT2D eigenvalue weighted by atomic mass is 10.2. The highest BCUT2D eigenvalue weighted by molar-refractivity contribution is 6.69. The van der Waals surface area contributed by atoms with Gasteiger partial charge in [0.2, 0.25) is 0 Å². The largest absolute Gasteiger partial charge is 0.273 e. The highest BCUT2D eigenvalue weighted by Crippen LogP contribution is 2.13. The molecule has 0 aromatic heterocycles. The van der Waals surface area contributed by atoms with Crippen molar-refractivity contribution in [2.24, 2.45) is 4.99 Å². The zero-order valence-corrected chi connectivity index (χ0v) is 8.36. The maximum Gasteiger partial charge on any atom is 0.269 e. The summed E-state index contributed by atoms with van der Waals surface area (Å²) in [4.78, 5) is 13.9. The van der Waals surface area contributed by atoms with Gasteiger partial charge >= 0.3 is 0 Å². The zero-order chi connectivity index (χ0) is 10.6. The zero-order valence-electron chi connectivity index (χ0n) is 7.61. The molecule has 0 saturated carbocycles. The Morgan fingerprint density at radius 2 is 2.07 bits per heavy atom. The third kappa shape index (κ3) is 2.53. The highest BCUT2D eigenvalue weighted by atomic mass is 35.5. The molecule has 0 aliphatic heterocycles. The molecule has 14 heavy (non-hydrogen) atoms. The number of rotatable bonds is 3. The lowest BCUT2D eigenvalue weighted by Crippen LogP contribution is -1.93. The molecular weight excluding hydrogens is 204 g/mol. The topological polar surface area (TPSA) is 55.5 Å². The Morgan fingerprint density at radius 1 is 1.50 bits per heavy atom. The van der Waals surface area contributed by atoms with Crippen molar-refractivity contribution in [3.05, 3.63) is 39.9 Å². The SMILES string of the molecule is CC/N=C(\Cl)c1ccc([N+](=O)[O-])cc1. The predicted molar refractivity (Wildman–Crippen MR) is 56.0 cm³/mol. The number of aliphatic imine (C=N–C) groups is 1. The van der Waals surface area contributed by atoms with Crippen LogP contribution in [0.3, 0.4) is 0 Å². The van der Waals surface area contributed by atoms with Crippen LogP contribution in [0.5, 0.6) is 0 Å². The van der Waals surface area contributed by atoms with Crippen LogP contribution in [0.1, 0.15) is 12.5 Å². The predicted octanol–water partition coefficient (Wildman–Crippen LogP) is 2.60. The third-order valence-electron chi connectivity index (χ3n) is 1.61. The summed E-state index contributed by atoms with van der Waals surface area (Å²) in [5.74, 6) is 0. The fourth-order valence-electron chi connectivity index (χ4n) is 0.951. The van der Waals surface area contributed by atoms with E-state index in [0.29, 0.717) is 17.3 Å². The van der Waals surface area contributed by atoms with E-state index < -0.39 is 4.92 Å². The minimum atomic E-state index is -0.450. The van der Waals surface area contributed by atoms with E-state index in [1.54, 1.807) is 12.1 Å². The Hall–Kier alpha value is -1.42. The normalized spacial score (nSPS) is 11.4. The van der Waals surface area contributed by atoms with E-state index in [1.807, 2.05) is 6.92 Å². The van der Waals surface area contributed by atoms with Crippen LogP contribution in [-0.4, -0.2) is 16.6 Å². The molecule has 0 unspecified atom stereocenters. The second kappa shape index (κ2) is 4.72. The molecular formula is C9H9ClN2O2. The first kappa shape index (κ1) is 10.7. The van der Waals surface area contributed by atoms with Gasteiger partial charge in [-0.2, -0.15) is 0 Å². The standard InChI is InChI=1S/C9H9ClN2O2/c1-2-11-9(10)7-3-5-8(6-4-7)12(13)14/h3-6H,2H2,1H3/b11-9-. The monoisotopic (exact) mass is 212 g/mol. The van der Waals surface area contributed by atoms with Crippen molar-refractivity contribution in [3.8, 4) is 0 Å². The molecule has 4 nitrogen and oxygen atoms in total. The van der Waals surface area contributed by atoms with E-state index in [0.717, 1.165) is 0 Å². The van der Waals surface area contributed by atoms with Gasteiger partial charge in [-0.05, 0) is 19.1 Å². The first-order chi connectivity index (χ1) is 6.65. The third-order valence-corrected chi connectivity index (χ3v) is 1.95. The summed E-state index contributed by atoms with van der Waals surface area (Å²) < 4.78 is 0. The number of nitrogens with zero attached hydrogens (tertiary/aromatic N) is 2. The molecule has 0 amide bonds. The molecule has 0 fully saturated rings. The van der Waals surface area contributed by atoms with E-state index in [9.17, 15) is 10.1 Å². The molecule has 1 rings (SSSR count). The van der Waals surface area contributed by atoms with Crippen LogP contribution >= 0.6 is 11.6 Å². The number of nitro groups is 1. The van der Waals surface area contributed by atoms with Gasteiger partial charge in [-0.25, -0.2) is 0 Å². The number of nitro benzene ring substituents is 1. The molecule has 74 valence electrons. The molecule has 0 saturated heterocycles. The fourth-order valence-corrected chi connectivity index (χ4v) is 1.20. The molecule has 0 heterocycles. The van der Waals surface area contributed by atoms with Gasteiger partial charge in [0, 0.05) is 24.2 Å². The number of benzene rings is 1. The molecule has 0 aliphatic rings. The summed E-state index contributed by atoms with van der Waals surface area (Å²) in [5, 5.41) is 10.7. The van der Waals surface area contributed by atoms with Gasteiger partial charge in [-0.1, -0.05) is 11.6 Å². The summed E-state index contributed by atoms with van der Waals surface area (Å²) >= 11 is 5.82. The first-order valence-electron chi connectivity index (χ1n) is 4.10. The molecule has 0 N–H and O–H groups in total. The van der Waals surface area contributed by atoms with Crippen molar-refractivity contribution in [1.82, 2.24) is 0 Å². The molecule has 1 aromatic carbocycles. The lowest BCUT2D eigenvalue weighted by Gasteiger charge is -1.97. The second-order valence-corrected chi connectivity index (χ2v) is 2.93. The van der Waals surface area contributed by atoms with E-state index in [1.165, 1.54) is 12.1 Å². The van der Waals surface area contributed by atoms with E-state index >= 15 is 0 Å². The van der Waals surface area contributed by atoms with Gasteiger partial charge in [-0.15, -0.1) is 0 Å². The van der Waals surface area contributed by atoms with Gasteiger partial charge in [0.25, 0.3) is 5.69 Å². The Bertz CT molecular complexity index is 360. The molecule has 0 bridgehead atoms. The Labute approximate surface area is 86.4 Å². The lowest BCUT2D eigenvalue weighted by molar-refractivity contribution is -0.384. The highest BCUT2D eigenvalue weighted by Gasteiger charge is 2.05. The Kier molecular flexibility index (Phi) is 3.59.